The molecule has 1 saturated heterocycles. The first-order chi connectivity index (χ1) is 14.0. The van der Waals surface area contributed by atoms with Crippen LogP contribution in [0.2, 0.25) is 0 Å². The summed E-state index contributed by atoms with van der Waals surface area (Å²) in [5.74, 6) is 0.865. The third-order valence-corrected chi connectivity index (χ3v) is 4.87. The molecule has 0 unspecified atom stereocenters. The molecule has 4 N–H and O–H groups in total. The average Bonchev–Trinajstić information content (AvgIpc) is 3.04. The number of carbonyl (C=O) groups is 2. The normalized spacial score (nSPS) is 16.0. The van der Waals surface area contributed by atoms with Gasteiger partial charge in [-0.3, -0.25) is 14.9 Å². The van der Waals surface area contributed by atoms with Gasteiger partial charge in [0.25, 0.3) is 11.1 Å². The van der Waals surface area contributed by atoms with E-state index in [2.05, 4.69) is 5.32 Å². The molecular formula is C21H22N2O5S. The van der Waals surface area contributed by atoms with Crippen molar-refractivity contribution in [1.29, 1.82) is 0 Å². The Bertz CT molecular complexity index is 881. The zero-order chi connectivity index (χ0) is 20.6. The van der Waals surface area contributed by atoms with Gasteiger partial charge in [0.15, 0.2) is 0 Å². The summed E-state index contributed by atoms with van der Waals surface area (Å²) in [6.45, 7) is 0.794. The number of hydrogen-bond donors (Lipinski definition) is 3. The van der Waals surface area contributed by atoms with E-state index >= 15 is 0 Å². The van der Waals surface area contributed by atoms with E-state index in [0.717, 1.165) is 29.3 Å². The Hall–Kier alpha value is -2.81. The van der Waals surface area contributed by atoms with E-state index in [9.17, 15) is 14.7 Å². The molecule has 0 radical (unpaired) electrons. The van der Waals surface area contributed by atoms with Crippen molar-refractivity contribution in [2.24, 2.45) is 5.73 Å². The van der Waals surface area contributed by atoms with E-state index in [1.807, 2.05) is 24.3 Å². The van der Waals surface area contributed by atoms with Crippen LogP contribution in [0.25, 0.3) is 6.08 Å². The van der Waals surface area contributed by atoms with Gasteiger partial charge in [-0.15, -0.1) is 0 Å². The molecule has 3 rings (SSSR count). The zero-order valence-electron chi connectivity index (χ0n) is 15.7. The predicted octanol–water partition coefficient (Wildman–Crippen LogP) is 2.33. The average molecular weight is 414 g/mol. The molecule has 2 aromatic rings. The van der Waals surface area contributed by atoms with E-state index < -0.39 is 12.0 Å². The maximum absolute atomic E-state index is 11.6. The number of amides is 2. The van der Waals surface area contributed by atoms with Crippen LogP contribution in [-0.4, -0.2) is 42.1 Å². The van der Waals surface area contributed by atoms with E-state index in [1.54, 1.807) is 30.3 Å². The molecule has 0 saturated carbocycles. The first-order valence-electron chi connectivity index (χ1n) is 9.11. The maximum Gasteiger partial charge on any atom is 0.290 e. The lowest BCUT2D eigenvalue weighted by molar-refractivity contribution is -0.115. The molecular weight excluding hydrogens is 392 g/mol. The first-order valence-corrected chi connectivity index (χ1v) is 9.93. The molecule has 8 heteroatoms. The van der Waals surface area contributed by atoms with Crippen molar-refractivity contribution in [2.75, 3.05) is 19.8 Å². The SMILES string of the molecule is NCCc1ccc(OC[C@@H](O)COc2ccc(/C=C3\SC(=O)NC3=O)cc2)cc1. The van der Waals surface area contributed by atoms with Gasteiger partial charge >= 0.3 is 0 Å². The molecule has 1 heterocycles. The lowest BCUT2D eigenvalue weighted by Gasteiger charge is -2.14. The molecule has 1 atom stereocenters. The Morgan fingerprint density at radius 3 is 2.10 bits per heavy atom. The molecule has 0 spiro atoms. The summed E-state index contributed by atoms with van der Waals surface area (Å²) < 4.78 is 11.1. The molecule has 7 nitrogen and oxygen atoms in total. The predicted molar refractivity (Wildman–Crippen MR) is 112 cm³/mol. The zero-order valence-corrected chi connectivity index (χ0v) is 16.5. The summed E-state index contributed by atoms with van der Waals surface area (Å²) in [5.41, 5.74) is 7.43. The highest BCUT2D eigenvalue weighted by molar-refractivity contribution is 8.18. The van der Waals surface area contributed by atoms with Crippen LogP contribution >= 0.6 is 11.8 Å². The highest BCUT2D eigenvalue weighted by Crippen LogP contribution is 2.26. The maximum atomic E-state index is 11.6. The van der Waals surface area contributed by atoms with Crippen molar-refractivity contribution in [3.05, 3.63) is 64.6 Å². The van der Waals surface area contributed by atoms with Crippen molar-refractivity contribution in [2.45, 2.75) is 12.5 Å². The minimum atomic E-state index is -0.787. The van der Waals surface area contributed by atoms with Crippen molar-refractivity contribution in [3.63, 3.8) is 0 Å². The van der Waals surface area contributed by atoms with Gasteiger partial charge in [-0.2, -0.15) is 0 Å². The monoisotopic (exact) mass is 414 g/mol. The third-order valence-electron chi connectivity index (χ3n) is 4.06. The molecule has 1 aliphatic rings. The van der Waals surface area contributed by atoms with Gasteiger partial charge in [0.2, 0.25) is 0 Å². The highest BCUT2D eigenvalue weighted by Gasteiger charge is 2.24. The Labute approximate surface area is 172 Å². The highest BCUT2D eigenvalue weighted by atomic mass is 32.2. The third kappa shape index (κ3) is 6.35. The lowest BCUT2D eigenvalue weighted by atomic mass is 10.1. The summed E-state index contributed by atoms with van der Waals surface area (Å²) in [7, 11) is 0. The number of rotatable bonds is 9. The van der Waals surface area contributed by atoms with Crippen LogP contribution in [0.5, 0.6) is 11.5 Å². The van der Waals surface area contributed by atoms with Gasteiger partial charge in [-0.05, 0) is 66.2 Å². The Morgan fingerprint density at radius 2 is 1.59 bits per heavy atom. The summed E-state index contributed by atoms with van der Waals surface area (Å²) in [4.78, 5) is 23.1. The van der Waals surface area contributed by atoms with E-state index in [0.29, 0.717) is 22.9 Å². The fourth-order valence-electron chi connectivity index (χ4n) is 2.58. The molecule has 1 aliphatic heterocycles. The van der Waals surface area contributed by atoms with Crippen LogP contribution in [0.3, 0.4) is 0 Å². The second-order valence-corrected chi connectivity index (χ2v) is 7.39. The van der Waals surface area contributed by atoms with Gasteiger partial charge in [-0.25, -0.2) is 0 Å². The van der Waals surface area contributed by atoms with Crippen molar-refractivity contribution >= 4 is 29.0 Å². The first kappa shape index (κ1) is 20.9. The number of aliphatic hydroxyl groups excluding tert-OH is 1. The molecule has 0 aromatic heterocycles. The summed E-state index contributed by atoms with van der Waals surface area (Å²) in [5, 5.41) is 11.9. The topological polar surface area (TPSA) is 111 Å². The second-order valence-electron chi connectivity index (χ2n) is 6.38. The molecule has 1 fully saturated rings. The van der Waals surface area contributed by atoms with E-state index in [4.69, 9.17) is 15.2 Å². The minimum absolute atomic E-state index is 0.0818. The van der Waals surface area contributed by atoms with E-state index in [1.165, 1.54) is 0 Å². The van der Waals surface area contributed by atoms with Crippen LogP contribution in [0.4, 0.5) is 4.79 Å². The number of imide groups is 1. The Balaban J connectivity index is 1.44. The Morgan fingerprint density at radius 1 is 1.00 bits per heavy atom. The van der Waals surface area contributed by atoms with Crippen LogP contribution < -0.4 is 20.5 Å². The molecule has 0 bridgehead atoms. The quantitative estimate of drug-likeness (QED) is 0.540. The fourth-order valence-corrected chi connectivity index (χ4v) is 3.27. The van der Waals surface area contributed by atoms with Crippen LogP contribution in [0, 0.1) is 0 Å². The van der Waals surface area contributed by atoms with Crippen LogP contribution in [0.1, 0.15) is 11.1 Å². The minimum Gasteiger partial charge on any atom is -0.491 e. The van der Waals surface area contributed by atoms with Crippen LogP contribution in [-0.2, 0) is 11.2 Å². The number of nitrogens with one attached hydrogen (secondary N) is 1. The molecule has 152 valence electrons. The van der Waals surface area contributed by atoms with Gasteiger partial charge < -0.3 is 20.3 Å². The number of hydrogen-bond acceptors (Lipinski definition) is 7. The number of carbonyl (C=O) groups excluding carboxylic acids is 2. The largest absolute Gasteiger partial charge is 0.491 e. The van der Waals surface area contributed by atoms with E-state index in [-0.39, 0.29) is 18.5 Å². The van der Waals surface area contributed by atoms with Crippen molar-refractivity contribution in [3.8, 4) is 11.5 Å². The summed E-state index contributed by atoms with van der Waals surface area (Å²) >= 11 is 0.871. The number of thioether (sulfide) groups is 1. The fraction of sp³-hybridized carbons (Fsp3) is 0.238. The smallest absolute Gasteiger partial charge is 0.290 e. The molecule has 29 heavy (non-hydrogen) atoms. The lowest BCUT2D eigenvalue weighted by Crippen LogP contribution is -2.25. The van der Waals surface area contributed by atoms with Crippen LogP contribution in [0.15, 0.2) is 53.4 Å². The van der Waals surface area contributed by atoms with Gasteiger partial charge in [-0.1, -0.05) is 24.3 Å². The summed E-state index contributed by atoms with van der Waals surface area (Å²) in [6, 6.07) is 14.6. The Kier molecular flexibility index (Phi) is 7.29. The van der Waals surface area contributed by atoms with Crippen molar-refractivity contribution < 1.29 is 24.2 Å². The standard InChI is InChI=1S/C21H22N2O5S/c22-10-9-14-1-5-17(6-2-14)27-12-16(24)13-28-18-7-3-15(4-8-18)11-19-20(25)23-21(26)29-19/h1-8,11,16,24H,9-10,12-13,22H2,(H,23,25,26)/b19-11-/t16-/m1/s1. The van der Waals surface area contributed by atoms with Gasteiger partial charge in [0.05, 0.1) is 4.91 Å². The molecule has 2 aromatic carbocycles. The molecule has 2 amide bonds. The molecule has 0 aliphatic carbocycles. The second kappa shape index (κ2) is 10.1. The van der Waals surface area contributed by atoms with Gasteiger partial charge in [0, 0.05) is 0 Å². The number of nitrogens with two attached hydrogens (primary N) is 1. The number of benzene rings is 2. The number of aliphatic hydroxyl groups is 1. The number of ether oxygens (including phenoxy) is 2. The van der Waals surface area contributed by atoms with Gasteiger partial charge in [0.1, 0.15) is 30.8 Å². The van der Waals surface area contributed by atoms with Crippen molar-refractivity contribution in [1.82, 2.24) is 5.32 Å². The summed E-state index contributed by atoms with van der Waals surface area (Å²) in [6.07, 6.45) is 1.66.